The molecule has 3 nitrogen and oxygen atoms in total. The number of nitrogens with zero attached hydrogens (tertiary/aromatic N) is 1. The Morgan fingerprint density at radius 2 is 1.67 bits per heavy atom. The Morgan fingerprint density at radius 1 is 1.06 bits per heavy atom. The van der Waals surface area contributed by atoms with Gasteiger partial charge in [-0.1, -0.05) is 30.3 Å². The summed E-state index contributed by atoms with van der Waals surface area (Å²) in [7, 11) is 1.71. The van der Waals surface area contributed by atoms with E-state index < -0.39 is 0 Å². The number of hydrogen-bond donors (Lipinski definition) is 1. The summed E-state index contributed by atoms with van der Waals surface area (Å²) in [5.74, 6) is -0.217. The van der Waals surface area contributed by atoms with E-state index in [9.17, 15) is 9.90 Å². The number of phenolic OH excluding ortho intramolecular Hbond substituents is 1. The molecule has 0 unspecified atom stereocenters. The van der Waals surface area contributed by atoms with Crippen molar-refractivity contribution in [2.45, 2.75) is 6.92 Å². The van der Waals surface area contributed by atoms with Gasteiger partial charge in [-0.25, -0.2) is 0 Å². The first kappa shape index (κ1) is 12.2. The van der Waals surface area contributed by atoms with E-state index in [1.54, 1.807) is 30.1 Å². The van der Waals surface area contributed by atoms with Gasteiger partial charge in [-0.2, -0.15) is 0 Å². The van der Waals surface area contributed by atoms with E-state index in [2.05, 4.69) is 0 Å². The first-order valence-electron chi connectivity index (χ1n) is 5.73. The van der Waals surface area contributed by atoms with Gasteiger partial charge in [0.25, 0.3) is 5.91 Å². The average molecular weight is 241 g/mol. The van der Waals surface area contributed by atoms with E-state index in [4.69, 9.17) is 0 Å². The molecule has 0 fully saturated rings. The van der Waals surface area contributed by atoms with Crippen molar-refractivity contribution in [3.63, 3.8) is 0 Å². The second kappa shape index (κ2) is 4.92. The fourth-order valence-corrected chi connectivity index (χ4v) is 1.88. The zero-order chi connectivity index (χ0) is 13.1. The highest BCUT2D eigenvalue weighted by molar-refractivity contribution is 6.07. The average Bonchev–Trinajstić information content (AvgIpc) is 2.38. The van der Waals surface area contributed by atoms with E-state index in [-0.39, 0.29) is 11.7 Å². The van der Waals surface area contributed by atoms with Crippen molar-refractivity contribution in [3.05, 3.63) is 59.7 Å². The molecule has 0 aromatic heterocycles. The van der Waals surface area contributed by atoms with Crippen LogP contribution in [0.2, 0.25) is 0 Å². The van der Waals surface area contributed by atoms with Crippen LogP contribution in [-0.4, -0.2) is 18.1 Å². The van der Waals surface area contributed by atoms with Crippen LogP contribution in [0.3, 0.4) is 0 Å². The summed E-state index contributed by atoms with van der Waals surface area (Å²) in [5.41, 5.74) is 2.16. The second-order valence-electron chi connectivity index (χ2n) is 4.17. The van der Waals surface area contributed by atoms with E-state index >= 15 is 0 Å². The lowest BCUT2D eigenvalue weighted by atomic mass is 10.1. The first-order chi connectivity index (χ1) is 8.61. The third-order valence-corrected chi connectivity index (χ3v) is 2.92. The summed E-state index contributed by atoms with van der Waals surface area (Å²) < 4.78 is 0. The molecule has 0 aliphatic carbocycles. The third-order valence-electron chi connectivity index (χ3n) is 2.92. The molecule has 0 saturated heterocycles. The van der Waals surface area contributed by atoms with Crippen molar-refractivity contribution in [2.75, 3.05) is 11.9 Å². The highest BCUT2D eigenvalue weighted by atomic mass is 16.3. The Kier molecular flexibility index (Phi) is 3.33. The van der Waals surface area contributed by atoms with Gasteiger partial charge >= 0.3 is 0 Å². The molecule has 1 amide bonds. The van der Waals surface area contributed by atoms with Crippen molar-refractivity contribution in [3.8, 4) is 5.75 Å². The minimum atomic E-state index is -0.220. The van der Waals surface area contributed by atoms with Crippen LogP contribution in [0, 0.1) is 6.92 Å². The number of benzene rings is 2. The highest BCUT2D eigenvalue weighted by Crippen LogP contribution is 2.23. The van der Waals surface area contributed by atoms with Crippen LogP contribution >= 0.6 is 0 Å². The molecule has 2 aromatic rings. The number of aryl methyl sites for hydroxylation is 1. The van der Waals surface area contributed by atoms with Crippen LogP contribution in [0.5, 0.6) is 5.75 Å². The zero-order valence-corrected chi connectivity index (χ0v) is 10.4. The standard InChI is InChI=1S/C15H15NO2/c1-11-7-3-5-9-13(11)16(2)15(18)12-8-4-6-10-14(12)17/h3-10,17H,1-2H3. The van der Waals surface area contributed by atoms with Gasteiger partial charge in [-0.3, -0.25) is 4.79 Å². The van der Waals surface area contributed by atoms with Crippen molar-refractivity contribution in [1.29, 1.82) is 0 Å². The van der Waals surface area contributed by atoms with Crippen LogP contribution in [-0.2, 0) is 0 Å². The molecule has 0 aliphatic rings. The van der Waals surface area contributed by atoms with Gasteiger partial charge in [-0.05, 0) is 30.7 Å². The number of aromatic hydroxyl groups is 1. The number of phenols is 1. The molecular weight excluding hydrogens is 226 g/mol. The normalized spacial score (nSPS) is 10.1. The highest BCUT2D eigenvalue weighted by Gasteiger charge is 2.17. The lowest BCUT2D eigenvalue weighted by molar-refractivity contribution is 0.0990. The van der Waals surface area contributed by atoms with Gasteiger partial charge in [0, 0.05) is 12.7 Å². The van der Waals surface area contributed by atoms with E-state index in [0.717, 1.165) is 11.3 Å². The Hall–Kier alpha value is -2.29. The second-order valence-corrected chi connectivity index (χ2v) is 4.17. The third kappa shape index (κ3) is 2.20. The maximum absolute atomic E-state index is 12.3. The maximum Gasteiger partial charge on any atom is 0.261 e. The molecule has 0 bridgehead atoms. The molecular formula is C15H15NO2. The molecule has 0 heterocycles. The van der Waals surface area contributed by atoms with E-state index in [1.165, 1.54) is 6.07 Å². The zero-order valence-electron chi connectivity index (χ0n) is 10.4. The first-order valence-corrected chi connectivity index (χ1v) is 5.73. The van der Waals surface area contributed by atoms with Gasteiger partial charge in [-0.15, -0.1) is 0 Å². The topological polar surface area (TPSA) is 40.5 Å². The van der Waals surface area contributed by atoms with E-state index in [0.29, 0.717) is 5.56 Å². The Balaban J connectivity index is 2.36. The van der Waals surface area contributed by atoms with Crippen LogP contribution in [0.4, 0.5) is 5.69 Å². The monoisotopic (exact) mass is 241 g/mol. The summed E-state index contributed by atoms with van der Waals surface area (Å²) in [6, 6.07) is 14.2. The van der Waals surface area contributed by atoms with Gasteiger partial charge in [0.05, 0.1) is 5.56 Å². The number of carbonyl (C=O) groups is 1. The van der Waals surface area contributed by atoms with Crippen molar-refractivity contribution in [2.24, 2.45) is 0 Å². The molecule has 1 N–H and O–H groups in total. The molecule has 2 aromatic carbocycles. The quantitative estimate of drug-likeness (QED) is 0.878. The SMILES string of the molecule is Cc1ccccc1N(C)C(=O)c1ccccc1O. The number of para-hydroxylation sites is 2. The van der Waals surface area contributed by atoms with Crippen LogP contribution in [0.15, 0.2) is 48.5 Å². The predicted octanol–water partition coefficient (Wildman–Crippen LogP) is 2.98. The maximum atomic E-state index is 12.3. The molecule has 0 aliphatic heterocycles. The summed E-state index contributed by atoms with van der Waals surface area (Å²) >= 11 is 0. The lowest BCUT2D eigenvalue weighted by Gasteiger charge is -2.19. The molecule has 0 spiro atoms. The van der Waals surface area contributed by atoms with Crippen molar-refractivity contribution >= 4 is 11.6 Å². The van der Waals surface area contributed by atoms with Crippen molar-refractivity contribution < 1.29 is 9.90 Å². The van der Waals surface area contributed by atoms with Crippen LogP contribution in [0.25, 0.3) is 0 Å². The van der Waals surface area contributed by atoms with E-state index in [1.807, 2.05) is 31.2 Å². The van der Waals surface area contributed by atoms with Gasteiger partial charge in [0.2, 0.25) is 0 Å². The molecule has 3 heteroatoms. The summed E-state index contributed by atoms with van der Waals surface area (Å²) in [4.78, 5) is 13.8. The van der Waals surface area contributed by atoms with Gasteiger partial charge < -0.3 is 10.0 Å². The van der Waals surface area contributed by atoms with Gasteiger partial charge in [0.15, 0.2) is 0 Å². The fraction of sp³-hybridized carbons (Fsp3) is 0.133. The Labute approximate surface area is 106 Å². The fourth-order valence-electron chi connectivity index (χ4n) is 1.88. The summed E-state index contributed by atoms with van der Waals surface area (Å²) in [6.45, 7) is 1.95. The van der Waals surface area contributed by atoms with Crippen molar-refractivity contribution in [1.82, 2.24) is 0 Å². The summed E-state index contributed by atoms with van der Waals surface area (Å²) in [5, 5.41) is 9.70. The number of hydrogen-bond acceptors (Lipinski definition) is 2. The number of amides is 1. The molecule has 18 heavy (non-hydrogen) atoms. The number of carbonyl (C=O) groups excluding carboxylic acids is 1. The molecule has 0 radical (unpaired) electrons. The minimum absolute atomic E-state index is 0.00272. The molecule has 92 valence electrons. The summed E-state index contributed by atoms with van der Waals surface area (Å²) in [6.07, 6.45) is 0. The van der Waals surface area contributed by atoms with Crippen LogP contribution < -0.4 is 4.90 Å². The molecule has 2 rings (SSSR count). The molecule has 0 saturated carbocycles. The minimum Gasteiger partial charge on any atom is -0.507 e. The lowest BCUT2D eigenvalue weighted by Crippen LogP contribution is -2.26. The number of anilines is 1. The van der Waals surface area contributed by atoms with Gasteiger partial charge in [0.1, 0.15) is 5.75 Å². The molecule has 0 atom stereocenters. The van der Waals surface area contributed by atoms with Crippen LogP contribution in [0.1, 0.15) is 15.9 Å². The predicted molar refractivity (Wildman–Crippen MR) is 72.0 cm³/mol. The largest absolute Gasteiger partial charge is 0.507 e. The number of rotatable bonds is 2. The Morgan fingerprint density at radius 3 is 2.33 bits per heavy atom. The Bertz CT molecular complexity index is 578. The smallest absolute Gasteiger partial charge is 0.261 e.